The third-order valence-corrected chi connectivity index (χ3v) is 2.99. The fourth-order valence-corrected chi connectivity index (χ4v) is 1.84. The first kappa shape index (κ1) is 11.3. The van der Waals surface area contributed by atoms with Crippen LogP contribution in [0, 0.1) is 0 Å². The Morgan fingerprint density at radius 2 is 2.25 bits per heavy atom. The second-order valence-electron chi connectivity index (χ2n) is 4.06. The molecule has 16 heavy (non-hydrogen) atoms. The number of hydrogen-bond donors (Lipinski definition) is 0. The maximum atomic E-state index is 5.31. The topological polar surface area (TPSA) is 48.2 Å². The first-order valence-corrected chi connectivity index (χ1v) is 5.94. The Balaban J connectivity index is 2.09. The van der Waals surface area contributed by atoms with E-state index in [1.807, 2.05) is 6.08 Å². The molecule has 0 N–H and O–H groups in total. The van der Waals surface area contributed by atoms with Crippen LogP contribution in [-0.2, 0) is 4.74 Å². The Morgan fingerprint density at radius 3 is 2.88 bits per heavy atom. The fraction of sp³-hybridized carbons (Fsp3) is 0.667. The average Bonchev–Trinajstić information content (AvgIpc) is 2.96. The normalized spacial score (nSPS) is 20.0. The highest BCUT2D eigenvalue weighted by molar-refractivity contribution is 5.43. The van der Waals surface area contributed by atoms with E-state index in [1.165, 1.54) is 5.57 Å². The second kappa shape index (κ2) is 5.25. The van der Waals surface area contributed by atoms with Gasteiger partial charge in [-0.25, -0.2) is 0 Å². The Bertz CT molecular complexity index is 359. The van der Waals surface area contributed by atoms with Crippen LogP contribution in [0.3, 0.4) is 0 Å². The number of ether oxygens (including phenoxy) is 1. The number of rotatable bonds is 4. The standard InChI is InChI=1S/C12H18N2O2/c1-3-9(4-2)7-11-13-12(14-16-11)10-5-6-15-8-10/h7,10H,3-6,8H2,1-2H3/t10-/m1/s1. The number of hydrogen-bond acceptors (Lipinski definition) is 4. The average molecular weight is 222 g/mol. The lowest BCUT2D eigenvalue weighted by Gasteiger charge is -1.97. The third-order valence-electron chi connectivity index (χ3n) is 2.99. The molecule has 1 aromatic heterocycles. The van der Waals surface area contributed by atoms with Crippen LogP contribution in [-0.4, -0.2) is 23.4 Å². The highest BCUT2D eigenvalue weighted by atomic mass is 16.5. The van der Waals surface area contributed by atoms with Gasteiger partial charge in [0.2, 0.25) is 0 Å². The minimum atomic E-state index is 0.317. The van der Waals surface area contributed by atoms with E-state index in [1.54, 1.807) is 0 Å². The Kier molecular flexibility index (Phi) is 3.72. The third kappa shape index (κ3) is 2.50. The first-order chi connectivity index (χ1) is 7.83. The van der Waals surface area contributed by atoms with Crippen molar-refractivity contribution >= 4 is 6.08 Å². The quantitative estimate of drug-likeness (QED) is 0.786. The lowest BCUT2D eigenvalue weighted by Crippen LogP contribution is -1.99. The molecule has 0 spiro atoms. The Labute approximate surface area is 95.7 Å². The molecule has 0 amide bonds. The van der Waals surface area contributed by atoms with E-state index < -0.39 is 0 Å². The summed E-state index contributed by atoms with van der Waals surface area (Å²) in [5, 5.41) is 4.01. The van der Waals surface area contributed by atoms with Crippen LogP contribution >= 0.6 is 0 Å². The molecule has 88 valence electrons. The molecule has 0 unspecified atom stereocenters. The first-order valence-electron chi connectivity index (χ1n) is 5.94. The van der Waals surface area contributed by atoms with Crippen LogP contribution in [0.5, 0.6) is 0 Å². The van der Waals surface area contributed by atoms with Crippen LogP contribution in [0.4, 0.5) is 0 Å². The molecular formula is C12H18N2O2. The predicted molar refractivity (Wildman–Crippen MR) is 61.0 cm³/mol. The van der Waals surface area contributed by atoms with Crippen molar-refractivity contribution in [2.24, 2.45) is 0 Å². The van der Waals surface area contributed by atoms with Crippen molar-refractivity contribution in [3.05, 3.63) is 17.3 Å². The molecule has 2 heterocycles. The van der Waals surface area contributed by atoms with Gasteiger partial charge in [-0.2, -0.15) is 4.98 Å². The van der Waals surface area contributed by atoms with Gasteiger partial charge < -0.3 is 9.26 Å². The van der Waals surface area contributed by atoms with Crippen LogP contribution in [0.25, 0.3) is 6.08 Å². The fourth-order valence-electron chi connectivity index (χ4n) is 1.84. The summed E-state index contributed by atoms with van der Waals surface area (Å²) in [4.78, 5) is 4.39. The molecule has 0 bridgehead atoms. The van der Waals surface area contributed by atoms with Gasteiger partial charge in [-0.05, 0) is 19.3 Å². The predicted octanol–water partition coefficient (Wildman–Crippen LogP) is 2.78. The van der Waals surface area contributed by atoms with Gasteiger partial charge in [-0.3, -0.25) is 0 Å². The molecule has 1 aliphatic heterocycles. The van der Waals surface area contributed by atoms with Crippen molar-refractivity contribution in [1.82, 2.24) is 10.1 Å². The van der Waals surface area contributed by atoms with Crippen LogP contribution < -0.4 is 0 Å². The lowest BCUT2D eigenvalue weighted by atomic mass is 10.1. The summed E-state index contributed by atoms with van der Waals surface area (Å²) in [5.41, 5.74) is 1.33. The van der Waals surface area contributed by atoms with Crippen LogP contribution in [0.15, 0.2) is 10.1 Å². The van der Waals surface area contributed by atoms with Gasteiger partial charge in [-0.15, -0.1) is 0 Å². The summed E-state index contributed by atoms with van der Waals surface area (Å²) in [5.74, 6) is 1.73. The molecule has 0 radical (unpaired) electrons. The minimum Gasteiger partial charge on any atom is -0.381 e. The number of allylic oxidation sites excluding steroid dienone is 1. The SMILES string of the molecule is CCC(=Cc1nc([C@@H]2CCOC2)no1)CC. The zero-order chi connectivity index (χ0) is 11.4. The van der Waals surface area contributed by atoms with E-state index in [4.69, 9.17) is 9.26 Å². The summed E-state index contributed by atoms with van der Waals surface area (Å²) in [6.07, 6.45) is 5.05. The molecule has 1 fully saturated rings. The summed E-state index contributed by atoms with van der Waals surface area (Å²) in [6, 6.07) is 0. The summed E-state index contributed by atoms with van der Waals surface area (Å²) >= 11 is 0. The smallest absolute Gasteiger partial charge is 0.250 e. The maximum Gasteiger partial charge on any atom is 0.250 e. The molecule has 1 atom stereocenters. The number of nitrogens with zero attached hydrogens (tertiary/aromatic N) is 2. The molecule has 0 saturated carbocycles. The monoisotopic (exact) mass is 222 g/mol. The molecular weight excluding hydrogens is 204 g/mol. The molecule has 4 heteroatoms. The summed E-state index contributed by atoms with van der Waals surface area (Å²) in [7, 11) is 0. The molecule has 4 nitrogen and oxygen atoms in total. The molecule has 2 rings (SSSR count). The van der Waals surface area contributed by atoms with Crippen LogP contribution in [0.1, 0.15) is 50.7 Å². The number of aromatic nitrogens is 2. The largest absolute Gasteiger partial charge is 0.381 e. The van der Waals surface area contributed by atoms with Gasteiger partial charge in [0, 0.05) is 18.6 Å². The second-order valence-corrected chi connectivity index (χ2v) is 4.06. The summed E-state index contributed by atoms with van der Waals surface area (Å²) in [6.45, 7) is 5.80. The lowest BCUT2D eigenvalue weighted by molar-refractivity contribution is 0.192. The van der Waals surface area contributed by atoms with Crippen molar-refractivity contribution in [1.29, 1.82) is 0 Å². The van der Waals surface area contributed by atoms with Crippen molar-refractivity contribution in [2.45, 2.75) is 39.0 Å². The van der Waals surface area contributed by atoms with Gasteiger partial charge in [0.05, 0.1) is 6.61 Å². The van der Waals surface area contributed by atoms with Crippen molar-refractivity contribution in [2.75, 3.05) is 13.2 Å². The molecule has 0 aliphatic carbocycles. The van der Waals surface area contributed by atoms with E-state index in [2.05, 4.69) is 24.0 Å². The van der Waals surface area contributed by atoms with Crippen molar-refractivity contribution < 1.29 is 9.26 Å². The van der Waals surface area contributed by atoms with Crippen LogP contribution in [0.2, 0.25) is 0 Å². The summed E-state index contributed by atoms with van der Waals surface area (Å²) < 4.78 is 10.5. The minimum absolute atomic E-state index is 0.317. The van der Waals surface area contributed by atoms with Crippen molar-refractivity contribution in [3.8, 4) is 0 Å². The molecule has 1 aromatic rings. The Hall–Kier alpha value is -1.16. The van der Waals surface area contributed by atoms with E-state index >= 15 is 0 Å². The highest BCUT2D eigenvalue weighted by Gasteiger charge is 2.22. The highest BCUT2D eigenvalue weighted by Crippen LogP contribution is 2.23. The van der Waals surface area contributed by atoms with Gasteiger partial charge in [0.25, 0.3) is 5.89 Å². The Morgan fingerprint density at radius 1 is 1.44 bits per heavy atom. The van der Waals surface area contributed by atoms with Gasteiger partial charge in [0.1, 0.15) is 0 Å². The van der Waals surface area contributed by atoms with E-state index in [0.717, 1.165) is 38.3 Å². The zero-order valence-electron chi connectivity index (χ0n) is 9.90. The van der Waals surface area contributed by atoms with E-state index in [0.29, 0.717) is 11.8 Å². The van der Waals surface area contributed by atoms with Crippen molar-refractivity contribution in [3.63, 3.8) is 0 Å². The molecule has 0 aromatic carbocycles. The van der Waals surface area contributed by atoms with E-state index in [-0.39, 0.29) is 0 Å². The molecule has 1 aliphatic rings. The zero-order valence-corrected chi connectivity index (χ0v) is 9.90. The van der Waals surface area contributed by atoms with Gasteiger partial charge in [0.15, 0.2) is 5.82 Å². The molecule has 1 saturated heterocycles. The van der Waals surface area contributed by atoms with E-state index in [9.17, 15) is 0 Å². The van der Waals surface area contributed by atoms with Gasteiger partial charge >= 0.3 is 0 Å². The van der Waals surface area contributed by atoms with Gasteiger partial charge in [-0.1, -0.05) is 24.6 Å². The maximum absolute atomic E-state index is 5.31.